The summed E-state index contributed by atoms with van der Waals surface area (Å²) >= 11 is 6.19. The Morgan fingerprint density at radius 1 is 1.44 bits per heavy atom. The van der Waals surface area contributed by atoms with Gasteiger partial charge in [-0.15, -0.1) is 0 Å². The molecule has 0 amide bonds. The van der Waals surface area contributed by atoms with Crippen molar-refractivity contribution in [2.75, 3.05) is 6.61 Å². The molecule has 1 rings (SSSR count). The summed E-state index contributed by atoms with van der Waals surface area (Å²) in [4.78, 5) is 0. The van der Waals surface area contributed by atoms with Gasteiger partial charge in [0.05, 0.1) is 5.02 Å². The molecule has 0 spiro atoms. The Bertz CT molecular complexity index is 401. The third-order valence-corrected chi connectivity index (χ3v) is 2.97. The van der Waals surface area contributed by atoms with Gasteiger partial charge in [-0.2, -0.15) is 0 Å². The van der Waals surface area contributed by atoms with E-state index in [2.05, 4.69) is 32.7 Å². The summed E-state index contributed by atoms with van der Waals surface area (Å²) in [6.45, 7) is 11.5. The predicted molar refractivity (Wildman–Crippen MR) is 78.4 cm³/mol. The Morgan fingerprint density at radius 2 is 2.17 bits per heavy atom. The first-order valence-electron chi connectivity index (χ1n) is 6.34. The zero-order valence-electron chi connectivity index (χ0n) is 11.4. The van der Waals surface area contributed by atoms with Crippen LogP contribution in [0.5, 0.6) is 5.75 Å². The Morgan fingerprint density at radius 3 is 2.78 bits per heavy atom. The summed E-state index contributed by atoms with van der Waals surface area (Å²) in [6.07, 6.45) is 0.921. The molecule has 1 N–H and O–H groups in total. The molecule has 3 heteroatoms. The second kappa shape index (κ2) is 7.45. The third kappa shape index (κ3) is 4.71. The van der Waals surface area contributed by atoms with Gasteiger partial charge >= 0.3 is 0 Å². The second-order valence-electron chi connectivity index (χ2n) is 4.66. The van der Waals surface area contributed by atoms with Gasteiger partial charge in [-0.05, 0) is 18.1 Å². The average Bonchev–Trinajstić information content (AvgIpc) is 2.34. The molecule has 0 radical (unpaired) electrons. The van der Waals surface area contributed by atoms with Crippen LogP contribution < -0.4 is 10.1 Å². The fraction of sp³-hybridized carbons (Fsp3) is 0.467. The maximum Gasteiger partial charge on any atom is 0.142 e. The number of para-hydroxylation sites is 1. The highest BCUT2D eigenvalue weighted by Gasteiger charge is 2.09. The Kier molecular flexibility index (Phi) is 6.23. The van der Waals surface area contributed by atoms with Crippen molar-refractivity contribution < 1.29 is 4.74 Å². The number of hydrogen-bond acceptors (Lipinski definition) is 2. The van der Waals surface area contributed by atoms with E-state index in [1.54, 1.807) is 0 Å². The van der Waals surface area contributed by atoms with Crippen molar-refractivity contribution in [2.24, 2.45) is 0 Å². The minimum absolute atomic E-state index is 0.433. The summed E-state index contributed by atoms with van der Waals surface area (Å²) < 4.78 is 5.78. The van der Waals surface area contributed by atoms with E-state index in [4.69, 9.17) is 16.3 Å². The SMILES string of the molecule is C=C(CC)COc1c(Cl)cccc1CNC(C)C. The lowest BCUT2D eigenvalue weighted by molar-refractivity contribution is 0.344. The molecule has 0 aromatic heterocycles. The van der Waals surface area contributed by atoms with E-state index in [-0.39, 0.29) is 0 Å². The first kappa shape index (κ1) is 15.1. The molecule has 0 fully saturated rings. The highest BCUT2D eigenvalue weighted by atomic mass is 35.5. The molecule has 1 aromatic rings. The highest BCUT2D eigenvalue weighted by molar-refractivity contribution is 6.32. The number of benzene rings is 1. The van der Waals surface area contributed by atoms with Crippen molar-refractivity contribution in [3.05, 3.63) is 40.9 Å². The minimum Gasteiger partial charge on any atom is -0.487 e. The van der Waals surface area contributed by atoms with Gasteiger partial charge in [0.25, 0.3) is 0 Å². The molecule has 0 unspecified atom stereocenters. The average molecular weight is 268 g/mol. The third-order valence-electron chi connectivity index (χ3n) is 2.67. The summed E-state index contributed by atoms with van der Waals surface area (Å²) in [5.74, 6) is 0.766. The van der Waals surface area contributed by atoms with Gasteiger partial charge in [0.2, 0.25) is 0 Å². The Balaban J connectivity index is 2.76. The van der Waals surface area contributed by atoms with E-state index in [0.29, 0.717) is 17.7 Å². The highest BCUT2D eigenvalue weighted by Crippen LogP contribution is 2.29. The van der Waals surface area contributed by atoms with Crippen LogP contribution in [0.4, 0.5) is 0 Å². The van der Waals surface area contributed by atoms with E-state index in [1.807, 2.05) is 18.2 Å². The Hall–Kier alpha value is -0.990. The standard InChI is InChI=1S/C15H22ClNO/c1-5-12(4)10-18-15-13(9-17-11(2)3)7-6-8-14(15)16/h6-8,11,17H,4-5,9-10H2,1-3H3. The zero-order valence-corrected chi connectivity index (χ0v) is 12.2. The molecule has 0 saturated heterocycles. The summed E-state index contributed by atoms with van der Waals surface area (Å²) in [7, 11) is 0. The fourth-order valence-electron chi connectivity index (χ4n) is 1.44. The van der Waals surface area contributed by atoms with Gasteiger partial charge in [-0.1, -0.05) is 51.1 Å². The van der Waals surface area contributed by atoms with E-state index >= 15 is 0 Å². The molecule has 0 heterocycles. The predicted octanol–water partition coefficient (Wildman–Crippen LogP) is 4.18. The lowest BCUT2D eigenvalue weighted by atomic mass is 10.2. The lowest BCUT2D eigenvalue weighted by Crippen LogP contribution is -2.22. The molecule has 2 nitrogen and oxygen atoms in total. The molecule has 1 aromatic carbocycles. The van der Waals surface area contributed by atoms with E-state index < -0.39 is 0 Å². The smallest absolute Gasteiger partial charge is 0.142 e. The van der Waals surface area contributed by atoms with Crippen LogP contribution >= 0.6 is 11.6 Å². The van der Waals surface area contributed by atoms with Crippen LogP contribution in [0.1, 0.15) is 32.8 Å². The topological polar surface area (TPSA) is 21.3 Å². The lowest BCUT2D eigenvalue weighted by Gasteiger charge is -2.15. The van der Waals surface area contributed by atoms with Crippen molar-refractivity contribution in [2.45, 2.75) is 39.8 Å². The summed E-state index contributed by atoms with van der Waals surface area (Å²) in [5, 5.41) is 4.02. The quantitative estimate of drug-likeness (QED) is 0.748. The van der Waals surface area contributed by atoms with Crippen LogP contribution in [-0.4, -0.2) is 12.6 Å². The van der Waals surface area contributed by atoms with Gasteiger partial charge in [0.1, 0.15) is 12.4 Å². The summed E-state index contributed by atoms with van der Waals surface area (Å²) in [6, 6.07) is 6.26. The molecule has 100 valence electrons. The monoisotopic (exact) mass is 267 g/mol. The van der Waals surface area contributed by atoms with Crippen LogP contribution in [0, 0.1) is 0 Å². The number of halogens is 1. The maximum atomic E-state index is 6.19. The van der Waals surface area contributed by atoms with E-state index in [9.17, 15) is 0 Å². The number of nitrogens with one attached hydrogen (secondary N) is 1. The van der Waals surface area contributed by atoms with E-state index in [0.717, 1.165) is 29.9 Å². The minimum atomic E-state index is 0.433. The van der Waals surface area contributed by atoms with Gasteiger partial charge < -0.3 is 10.1 Å². The molecule has 0 aliphatic carbocycles. The van der Waals surface area contributed by atoms with Gasteiger partial charge in [-0.25, -0.2) is 0 Å². The molecule has 0 aliphatic rings. The van der Waals surface area contributed by atoms with E-state index in [1.165, 1.54) is 0 Å². The van der Waals surface area contributed by atoms with Gasteiger partial charge in [0, 0.05) is 18.2 Å². The number of ether oxygens (including phenoxy) is 1. The van der Waals surface area contributed by atoms with Crippen LogP contribution in [0.15, 0.2) is 30.4 Å². The van der Waals surface area contributed by atoms with Crippen molar-refractivity contribution >= 4 is 11.6 Å². The molecule has 0 atom stereocenters. The summed E-state index contributed by atoms with van der Waals surface area (Å²) in [5.41, 5.74) is 2.15. The number of hydrogen-bond donors (Lipinski definition) is 1. The first-order valence-corrected chi connectivity index (χ1v) is 6.72. The van der Waals surface area contributed by atoms with Gasteiger partial charge in [0.15, 0.2) is 0 Å². The molecular weight excluding hydrogens is 246 g/mol. The molecular formula is C15H22ClNO. The molecule has 0 aliphatic heterocycles. The van der Waals surface area contributed by atoms with Gasteiger partial charge in [-0.3, -0.25) is 0 Å². The largest absolute Gasteiger partial charge is 0.487 e. The van der Waals surface area contributed by atoms with Crippen molar-refractivity contribution in [3.8, 4) is 5.75 Å². The first-order chi connectivity index (χ1) is 8.54. The molecule has 0 saturated carbocycles. The van der Waals surface area contributed by atoms with Crippen molar-refractivity contribution in [3.63, 3.8) is 0 Å². The van der Waals surface area contributed by atoms with Crippen LogP contribution in [0.2, 0.25) is 5.02 Å². The van der Waals surface area contributed by atoms with Crippen molar-refractivity contribution in [1.29, 1.82) is 0 Å². The number of rotatable bonds is 7. The molecule has 18 heavy (non-hydrogen) atoms. The Labute approximate surface area is 115 Å². The maximum absolute atomic E-state index is 6.19. The van der Waals surface area contributed by atoms with Crippen LogP contribution in [0.25, 0.3) is 0 Å². The van der Waals surface area contributed by atoms with Crippen molar-refractivity contribution in [1.82, 2.24) is 5.32 Å². The molecule has 0 bridgehead atoms. The normalized spacial score (nSPS) is 10.7. The van der Waals surface area contributed by atoms with Crippen LogP contribution in [-0.2, 0) is 6.54 Å². The fourth-order valence-corrected chi connectivity index (χ4v) is 1.69. The van der Waals surface area contributed by atoms with Crippen LogP contribution in [0.3, 0.4) is 0 Å². The zero-order chi connectivity index (χ0) is 13.5. The second-order valence-corrected chi connectivity index (χ2v) is 5.06.